The number of benzene rings is 2. The van der Waals surface area contributed by atoms with Gasteiger partial charge in [-0.3, -0.25) is 14.7 Å². The summed E-state index contributed by atoms with van der Waals surface area (Å²) in [6, 6.07) is 16.4. The zero-order valence-corrected chi connectivity index (χ0v) is 16.2. The summed E-state index contributed by atoms with van der Waals surface area (Å²) in [5.74, 6) is -1.33. The van der Waals surface area contributed by atoms with E-state index >= 15 is 0 Å². The van der Waals surface area contributed by atoms with E-state index in [9.17, 15) is 14.7 Å². The molecule has 0 saturated carbocycles. The number of hydrogen-bond donors (Lipinski definition) is 4. The van der Waals surface area contributed by atoms with E-state index in [1.54, 1.807) is 25.1 Å². The van der Waals surface area contributed by atoms with Gasteiger partial charge in [0.2, 0.25) is 5.91 Å². The number of aliphatic hydroxyl groups is 1. The fraction of sp³-hybridized carbons (Fsp3) is 0.273. The van der Waals surface area contributed by atoms with Gasteiger partial charge < -0.3 is 20.3 Å². The monoisotopic (exact) mass is 393 g/mol. The van der Waals surface area contributed by atoms with Gasteiger partial charge in [-0.25, -0.2) is 0 Å². The second-order valence-corrected chi connectivity index (χ2v) is 7.56. The normalized spacial score (nSPS) is 23.3. The average Bonchev–Trinajstić information content (AvgIpc) is 3.06. The van der Waals surface area contributed by atoms with Gasteiger partial charge in [0.15, 0.2) is 0 Å². The molecule has 0 aliphatic heterocycles. The highest BCUT2D eigenvalue weighted by atomic mass is 16.5. The Labute approximate surface area is 167 Å². The van der Waals surface area contributed by atoms with Gasteiger partial charge in [-0.2, -0.15) is 0 Å². The van der Waals surface area contributed by atoms with E-state index in [4.69, 9.17) is 4.74 Å². The Bertz CT molecular complexity index is 1080. The first-order chi connectivity index (χ1) is 13.9. The molecule has 7 heteroatoms. The largest absolute Gasteiger partial charge is 0.495 e. The fourth-order valence-electron chi connectivity index (χ4n) is 4.28. The van der Waals surface area contributed by atoms with Crippen LogP contribution < -0.4 is 15.6 Å². The molecule has 1 aliphatic rings. The minimum atomic E-state index is -1.37. The molecule has 0 radical (unpaired) electrons. The maximum absolute atomic E-state index is 13.4. The number of carbonyl (C=O) groups is 1. The van der Waals surface area contributed by atoms with Crippen LogP contribution in [0.2, 0.25) is 0 Å². The lowest BCUT2D eigenvalue weighted by Crippen LogP contribution is -2.51. The summed E-state index contributed by atoms with van der Waals surface area (Å²) in [7, 11) is 1.53. The average molecular weight is 393 g/mol. The van der Waals surface area contributed by atoms with E-state index in [0.29, 0.717) is 22.7 Å². The summed E-state index contributed by atoms with van der Waals surface area (Å²) >= 11 is 0. The standard InChI is InChI=1S/C22H23N3O4/c1-22(28)12-15-18(20(26)25-24-15)17(13-8-4-3-5-9-13)19(22)21(27)23-14-10-6-7-11-16(14)29-2/h3-11,17,19,28H,12H2,1-2H3,(H,23,27)(H2,24,25,26)/t17-,19-,22-/m1/s1. The molecule has 2 aromatic carbocycles. The zero-order valence-electron chi connectivity index (χ0n) is 16.2. The van der Waals surface area contributed by atoms with Gasteiger partial charge in [0.25, 0.3) is 5.56 Å². The van der Waals surface area contributed by atoms with Crippen LogP contribution in [0.25, 0.3) is 0 Å². The molecular weight excluding hydrogens is 370 g/mol. The van der Waals surface area contributed by atoms with E-state index in [-0.39, 0.29) is 17.9 Å². The fourth-order valence-corrected chi connectivity index (χ4v) is 4.28. The number of carbonyl (C=O) groups excluding carboxylic acids is 1. The molecule has 0 bridgehead atoms. The summed E-state index contributed by atoms with van der Waals surface area (Å²) in [5, 5.41) is 19.6. The number of hydrogen-bond acceptors (Lipinski definition) is 4. The second kappa shape index (κ2) is 7.25. The first-order valence-corrected chi connectivity index (χ1v) is 9.43. The lowest BCUT2D eigenvalue weighted by Gasteiger charge is -2.41. The van der Waals surface area contributed by atoms with Gasteiger partial charge >= 0.3 is 0 Å². The number of amides is 1. The Morgan fingerprint density at radius 1 is 1.14 bits per heavy atom. The highest BCUT2D eigenvalue weighted by Crippen LogP contribution is 2.44. The second-order valence-electron chi connectivity index (χ2n) is 7.56. The molecule has 1 aromatic heterocycles. The van der Waals surface area contributed by atoms with Crippen LogP contribution >= 0.6 is 0 Å². The van der Waals surface area contributed by atoms with Crippen molar-refractivity contribution in [3.05, 3.63) is 81.8 Å². The van der Waals surface area contributed by atoms with Gasteiger partial charge in [0.1, 0.15) is 5.75 Å². The van der Waals surface area contributed by atoms with E-state index in [2.05, 4.69) is 15.5 Å². The van der Waals surface area contributed by atoms with E-state index in [0.717, 1.165) is 5.56 Å². The number of H-pyrrole nitrogens is 2. The quantitative estimate of drug-likeness (QED) is 0.546. The maximum Gasteiger partial charge on any atom is 0.267 e. The third kappa shape index (κ3) is 3.34. The van der Waals surface area contributed by atoms with Gasteiger partial charge in [0, 0.05) is 23.6 Å². The molecule has 150 valence electrons. The number of aromatic amines is 2. The Morgan fingerprint density at radius 3 is 2.55 bits per heavy atom. The Hall–Kier alpha value is -3.32. The van der Waals surface area contributed by atoms with Crippen LogP contribution in [-0.2, 0) is 11.2 Å². The van der Waals surface area contributed by atoms with Crippen molar-refractivity contribution in [1.82, 2.24) is 10.2 Å². The van der Waals surface area contributed by atoms with Crippen LogP contribution in [0.4, 0.5) is 5.69 Å². The number of methoxy groups -OCH3 is 1. The third-order valence-electron chi connectivity index (χ3n) is 5.55. The lowest BCUT2D eigenvalue weighted by molar-refractivity contribution is -0.130. The molecule has 0 fully saturated rings. The molecule has 0 unspecified atom stereocenters. The predicted octanol–water partition coefficient (Wildman–Crippen LogP) is 2.41. The number of rotatable bonds is 4. The summed E-state index contributed by atoms with van der Waals surface area (Å²) in [5.41, 5.74) is 0.762. The summed E-state index contributed by atoms with van der Waals surface area (Å²) in [4.78, 5) is 26.0. The zero-order chi connectivity index (χ0) is 20.6. The highest BCUT2D eigenvalue weighted by Gasteiger charge is 2.50. The smallest absolute Gasteiger partial charge is 0.267 e. The Kier molecular flexibility index (Phi) is 4.76. The van der Waals surface area contributed by atoms with Crippen LogP contribution in [0, 0.1) is 5.92 Å². The molecule has 4 N–H and O–H groups in total. The van der Waals surface area contributed by atoms with Crippen LogP contribution in [-0.4, -0.2) is 33.9 Å². The number of anilines is 1. The topological polar surface area (TPSA) is 107 Å². The summed E-state index contributed by atoms with van der Waals surface area (Å²) in [6.45, 7) is 1.63. The van der Waals surface area contributed by atoms with Gasteiger partial charge in [0.05, 0.1) is 24.3 Å². The number of para-hydroxylation sites is 2. The molecule has 1 amide bonds. The third-order valence-corrected chi connectivity index (χ3v) is 5.55. The minimum Gasteiger partial charge on any atom is -0.495 e. The molecule has 29 heavy (non-hydrogen) atoms. The summed E-state index contributed by atoms with van der Waals surface area (Å²) < 4.78 is 5.32. The van der Waals surface area contributed by atoms with Crippen LogP contribution in [0.1, 0.15) is 29.7 Å². The first kappa shape index (κ1) is 19.0. The molecule has 4 rings (SSSR count). The number of nitrogens with one attached hydrogen (secondary N) is 3. The van der Waals surface area contributed by atoms with E-state index < -0.39 is 17.4 Å². The molecule has 0 spiro atoms. The molecule has 1 aliphatic carbocycles. The number of fused-ring (bicyclic) bond motifs is 1. The van der Waals surface area contributed by atoms with Gasteiger partial charge in [-0.15, -0.1) is 0 Å². The van der Waals surface area contributed by atoms with Gasteiger partial charge in [-0.1, -0.05) is 42.5 Å². The molecule has 3 atom stereocenters. The minimum absolute atomic E-state index is 0.161. The molecular formula is C22H23N3O4. The van der Waals surface area contributed by atoms with E-state index in [1.807, 2.05) is 36.4 Å². The van der Waals surface area contributed by atoms with Crippen LogP contribution in [0.5, 0.6) is 5.75 Å². The van der Waals surface area contributed by atoms with Crippen molar-refractivity contribution < 1.29 is 14.6 Å². The molecule has 1 heterocycles. The highest BCUT2D eigenvalue weighted by molar-refractivity contribution is 5.96. The first-order valence-electron chi connectivity index (χ1n) is 9.43. The van der Waals surface area contributed by atoms with Crippen molar-refractivity contribution in [3.63, 3.8) is 0 Å². The summed E-state index contributed by atoms with van der Waals surface area (Å²) in [6.07, 6.45) is 0.161. The van der Waals surface area contributed by atoms with Crippen molar-refractivity contribution in [2.45, 2.75) is 24.9 Å². The van der Waals surface area contributed by atoms with Crippen molar-refractivity contribution >= 4 is 11.6 Å². The van der Waals surface area contributed by atoms with Crippen LogP contribution in [0.3, 0.4) is 0 Å². The predicted molar refractivity (Wildman–Crippen MR) is 109 cm³/mol. The van der Waals surface area contributed by atoms with Crippen LogP contribution in [0.15, 0.2) is 59.4 Å². The van der Waals surface area contributed by atoms with E-state index in [1.165, 1.54) is 7.11 Å². The van der Waals surface area contributed by atoms with Gasteiger partial charge in [-0.05, 0) is 24.6 Å². The Balaban J connectivity index is 1.81. The molecule has 3 aromatic rings. The molecule has 0 saturated heterocycles. The maximum atomic E-state index is 13.4. The molecule has 7 nitrogen and oxygen atoms in total. The SMILES string of the molecule is COc1ccccc1NC(=O)[C@H]1[C@H](c2ccccc2)c2c([nH][nH]c2=O)C[C@@]1(C)O. The van der Waals surface area contributed by atoms with Crippen molar-refractivity contribution in [3.8, 4) is 5.75 Å². The lowest BCUT2D eigenvalue weighted by atomic mass is 9.66. The van der Waals surface area contributed by atoms with Crippen molar-refractivity contribution in [1.29, 1.82) is 0 Å². The number of ether oxygens (including phenoxy) is 1. The number of aromatic nitrogens is 2. The van der Waals surface area contributed by atoms with Crippen molar-refractivity contribution in [2.24, 2.45) is 5.92 Å². The Morgan fingerprint density at radius 2 is 1.83 bits per heavy atom. The van der Waals surface area contributed by atoms with Crippen molar-refractivity contribution in [2.75, 3.05) is 12.4 Å².